The van der Waals surface area contributed by atoms with E-state index >= 15 is 0 Å². The van der Waals surface area contributed by atoms with Gasteiger partial charge in [-0.05, 0) is 12.5 Å². The van der Waals surface area contributed by atoms with Gasteiger partial charge in [-0.25, -0.2) is 4.98 Å². The molecule has 0 bridgehead atoms. The first-order valence-electron chi connectivity index (χ1n) is 9.02. The van der Waals surface area contributed by atoms with E-state index in [-0.39, 0.29) is 5.91 Å². The fourth-order valence-electron chi connectivity index (χ4n) is 2.61. The van der Waals surface area contributed by atoms with Gasteiger partial charge in [0.2, 0.25) is 11.8 Å². The molecule has 0 aliphatic heterocycles. The molecule has 0 spiro atoms. The quantitative estimate of drug-likeness (QED) is 0.427. The number of thiazole rings is 1. The first-order valence-corrected chi connectivity index (χ1v) is 10.8. The molecular formula is C21H18N4O2S2. The largest absolute Gasteiger partial charge is 0.416 e. The van der Waals surface area contributed by atoms with E-state index in [1.54, 1.807) is 6.92 Å². The van der Waals surface area contributed by atoms with Gasteiger partial charge in [-0.15, -0.1) is 21.5 Å². The Morgan fingerprint density at radius 3 is 2.59 bits per heavy atom. The summed E-state index contributed by atoms with van der Waals surface area (Å²) < 4.78 is 5.67. The van der Waals surface area contributed by atoms with E-state index in [2.05, 4.69) is 20.5 Å². The SMILES string of the molecule is C[C@H](Sc1nnc(Cc2ccccc2)o1)C(=O)Nc1nc(-c2ccccc2)cs1. The van der Waals surface area contributed by atoms with Gasteiger partial charge >= 0.3 is 0 Å². The summed E-state index contributed by atoms with van der Waals surface area (Å²) in [5.74, 6) is 0.366. The lowest BCUT2D eigenvalue weighted by Gasteiger charge is -2.07. The van der Waals surface area contributed by atoms with Crippen LogP contribution in [0.2, 0.25) is 0 Å². The third-order valence-electron chi connectivity index (χ3n) is 4.10. The van der Waals surface area contributed by atoms with Crippen molar-refractivity contribution in [1.29, 1.82) is 0 Å². The minimum Gasteiger partial charge on any atom is -0.416 e. The average Bonchev–Trinajstić information content (AvgIpc) is 3.39. The standard InChI is InChI=1S/C21H18N4O2S2/c1-14(29-21-25-24-18(27-21)12-15-8-4-2-5-9-15)19(26)23-20-22-17(13-28-20)16-10-6-3-7-11-16/h2-11,13-14H,12H2,1H3,(H,22,23,26)/t14-/m0/s1. The minimum atomic E-state index is -0.399. The molecule has 6 nitrogen and oxygen atoms in total. The Bertz CT molecular complexity index is 1080. The third-order valence-corrected chi connectivity index (χ3v) is 5.79. The van der Waals surface area contributed by atoms with E-state index in [0.29, 0.717) is 22.7 Å². The van der Waals surface area contributed by atoms with Crippen molar-refractivity contribution < 1.29 is 9.21 Å². The number of carbonyl (C=O) groups is 1. The van der Waals surface area contributed by atoms with Gasteiger partial charge in [-0.3, -0.25) is 4.79 Å². The van der Waals surface area contributed by atoms with Gasteiger partial charge in [0.15, 0.2) is 5.13 Å². The Labute approximate surface area is 176 Å². The Kier molecular flexibility index (Phi) is 6.02. The fourth-order valence-corrected chi connectivity index (χ4v) is 4.04. The van der Waals surface area contributed by atoms with Crippen LogP contribution in [0.4, 0.5) is 5.13 Å². The van der Waals surface area contributed by atoms with Crippen LogP contribution >= 0.6 is 23.1 Å². The topological polar surface area (TPSA) is 80.9 Å². The highest BCUT2D eigenvalue weighted by Gasteiger charge is 2.19. The Hall–Kier alpha value is -2.97. The van der Waals surface area contributed by atoms with Crippen LogP contribution in [0.5, 0.6) is 0 Å². The lowest BCUT2D eigenvalue weighted by Crippen LogP contribution is -2.22. The predicted octanol–water partition coefficient (Wildman–Crippen LogP) is 4.90. The number of benzene rings is 2. The number of hydrogen-bond donors (Lipinski definition) is 1. The van der Waals surface area contributed by atoms with Crippen molar-refractivity contribution in [3.05, 3.63) is 77.5 Å². The monoisotopic (exact) mass is 422 g/mol. The number of amides is 1. The summed E-state index contributed by atoms with van der Waals surface area (Å²) in [4.78, 5) is 17.0. The highest BCUT2D eigenvalue weighted by atomic mass is 32.2. The molecule has 2 heterocycles. The van der Waals surface area contributed by atoms with Crippen molar-refractivity contribution in [3.8, 4) is 11.3 Å². The number of hydrogen-bond acceptors (Lipinski definition) is 7. The lowest BCUT2D eigenvalue weighted by molar-refractivity contribution is -0.115. The zero-order valence-corrected chi connectivity index (χ0v) is 17.2. The molecule has 0 aliphatic carbocycles. The number of thioether (sulfide) groups is 1. The maximum atomic E-state index is 12.5. The van der Waals surface area contributed by atoms with Crippen molar-refractivity contribution in [1.82, 2.24) is 15.2 Å². The van der Waals surface area contributed by atoms with E-state index in [0.717, 1.165) is 16.8 Å². The van der Waals surface area contributed by atoms with E-state index in [1.807, 2.05) is 66.0 Å². The molecule has 2 aromatic carbocycles. The second-order valence-electron chi connectivity index (χ2n) is 6.28. The van der Waals surface area contributed by atoms with Crippen molar-refractivity contribution in [3.63, 3.8) is 0 Å². The summed E-state index contributed by atoms with van der Waals surface area (Å²) in [6.45, 7) is 1.80. The second-order valence-corrected chi connectivity index (χ2v) is 8.43. The van der Waals surface area contributed by atoms with Gasteiger partial charge in [0, 0.05) is 10.9 Å². The predicted molar refractivity (Wildman–Crippen MR) is 115 cm³/mol. The molecule has 0 fully saturated rings. The lowest BCUT2D eigenvalue weighted by atomic mass is 10.2. The van der Waals surface area contributed by atoms with Gasteiger partial charge in [-0.2, -0.15) is 0 Å². The molecular weight excluding hydrogens is 404 g/mol. The average molecular weight is 423 g/mol. The molecule has 2 aromatic heterocycles. The molecule has 1 atom stereocenters. The summed E-state index contributed by atoms with van der Waals surface area (Å²) in [6.07, 6.45) is 0.566. The summed E-state index contributed by atoms with van der Waals surface area (Å²) in [5, 5.41) is 13.4. The first-order chi connectivity index (χ1) is 14.2. The van der Waals surface area contributed by atoms with Crippen molar-refractivity contribution >= 4 is 34.1 Å². The normalized spacial score (nSPS) is 11.9. The number of anilines is 1. The maximum absolute atomic E-state index is 12.5. The van der Waals surface area contributed by atoms with Crippen LogP contribution in [0, 0.1) is 0 Å². The molecule has 1 N–H and O–H groups in total. The molecule has 1 amide bonds. The van der Waals surface area contributed by atoms with Crippen LogP contribution in [0.3, 0.4) is 0 Å². The molecule has 29 heavy (non-hydrogen) atoms. The van der Waals surface area contributed by atoms with E-state index in [1.165, 1.54) is 23.1 Å². The molecule has 0 saturated heterocycles. The number of carbonyl (C=O) groups excluding carboxylic acids is 1. The van der Waals surface area contributed by atoms with E-state index in [9.17, 15) is 4.79 Å². The molecule has 0 saturated carbocycles. The van der Waals surface area contributed by atoms with Gasteiger partial charge in [-0.1, -0.05) is 72.4 Å². The first kappa shape index (κ1) is 19.4. The van der Waals surface area contributed by atoms with E-state index < -0.39 is 5.25 Å². The van der Waals surface area contributed by atoms with Crippen molar-refractivity contribution in [2.75, 3.05) is 5.32 Å². The van der Waals surface area contributed by atoms with Crippen LogP contribution in [0.15, 0.2) is 75.7 Å². The molecule has 146 valence electrons. The second kappa shape index (κ2) is 9.02. The highest BCUT2D eigenvalue weighted by molar-refractivity contribution is 8.00. The fraction of sp³-hybridized carbons (Fsp3) is 0.143. The number of nitrogens with zero attached hydrogens (tertiary/aromatic N) is 3. The number of nitrogens with one attached hydrogen (secondary N) is 1. The Morgan fingerprint density at radius 1 is 1.10 bits per heavy atom. The molecule has 4 aromatic rings. The third kappa shape index (κ3) is 5.10. The zero-order valence-electron chi connectivity index (χ0n) is 15.6. The Balaban J connectivity index is 1.34. The van der Waals surface area contributed by atoms with Crippen molar-refractivity contribution in [2.24, 2.45) is 0 Å². The molecule has 0 aliphatic rings. The molecule has 0 radical (unpaired) electrons. The number of aromatic nitrogens is 3. The number of rotatable bonds is 7. The smallest absolute Gasteiger partial charge is 0.277 e. The zero-order chi connectivity index (χ0) is 20.1. The summed E-state index contributed by atoms with van der Waals surface area (Å²) in [5.41, 5.74) is 2.95. The molecule has 0 unspecified atom stereocenters. The van der Waals surface area contributed by atoms with Crippen LogP contribution in [0.25, 0.3) is 11.3 Å². The van der Waals surface area contributed by atoms with Gasteiger partial charge in [0.25, 0.3) is 5.22 Å². The van der Waals surface area contributed by atoms with E-state index in [4.69, 9.17) is 4.42 Å². The summed E-state index contributed by atoms with van der Waals surface area (Å²) in [6, 6.07) is 19.8. The highest BCUT2D eigenvalue weighted by Crippen LogP contribution is 2.27. The van der Waals surface area contributed by atoms with Gasteiger partial charge < -0.3 is 9.73 Å². The van der Waals surface area contributed by atoms with Crippen LogP contribution in [0.1, 0.15) is 18.4 Å². The summed E-state index contributed by atoms with van der Waals surface area (Å²) >= 11 is 2.63. The summed E-state index contributed by atoms with van der Waals surface area (Å²) in [7, 11) is 0. The van der Waals surface area contributed by atoms with Crippen LogP contribution in [-0.2, 0) is 11.2 Å². The maximum Gasteiger partial charge on any atom is 0.277 e. The van der Waals surface area contributed by atoms with Gasteiger partial charge in [0.1, 0.15) is 0 Å². The Morgan fingerprint density at radius 2 is 1.83 bits per heavy atom. The van der Waals surface area contributed by atoms with Crippen LogP contribution < -0.4 is 5.32 Å². The van der Waals surface area contributed by atoms with Gasteiger partial charge in [0.05, 0.1) is 17.4 Å². The van der Waals surface area contributed by atoms with Crippen molar-refractivity contribution in [2.45, 2.75) is 23.8 Å². The van der Waals surface area contributed by atoms with Crippen LogP contribution in [-0.4, -0.2) is 26.3 Å². The molecule has 4 rings (SSSR count). The minimum absolute atomic E-state index is 0.160. The molecule has 8 heteroatoms.